The minimum atomic E-state index is 0.251. The summed E-state index contributed by atoms with van der Waals surface area (Å²) in [7, 11) is 0. The lowest BCUT2D eigenvalue weighted by molar-refractivity contribution is 0.240. The summed E-state index contributed by atoms with van der Waals surface area (Å²) in [5.74, 6) is 1.01. The second kappa shape index (κ2) is 3.82. The molecule has 0 aliphatic carbocycles. The van der Waals surface area contributed by atoms with Crippen LogP contribution in [-0.4, -0.2) is 6.10 Å². The van der Waals surface area contributed by atoms with Crippen LogP contribution < -0.4 is 4.74 Å². The van der Waals surface area contributed by atoms with Gasteiger partial charge in [-0.2, -0.15) is 0 Å². The lowest BCUT2D eigenvalue weighted by Crippen LogP contribution is -2.07. The Balaban J connectivity index is 3.01. The van der Waals surface area contributed by atoms with Crippen molar-refractivity contribution in [3.63, 3.8) is 0 Å². The number of hydrogen-bond acceptors (Lipinski definition) is 1. The number of hydrogen-bond donors (Lipinski definition) is 0. The maximum Gasteiger partial charge on any atom is 0.122 e. The van der Waals surface area contributed by atoms with Crippen molar-refractivity contribution in [2.45, 2.75) is 40.7 Å². The highest BCUT2D eigenvalue weighted by atomic mass is 16.5. The predicted octanol–water partition coefficient (Wildman–Crippen LogP) is 3.40. The Kier molecular flexibility index (Phi) is 2.97. The Morgan fingerprint density at radius 2 is 1.46 bits per heavy atom. The third-order valence-corrected chi connectivity index (χ3v) is 2.15. The standard InChI is InChI=1S/C12H18O/c1-8(2)13-12-7-10(4)9(3)6-11(12)5/h6-8H,1-5H3. The topological polar surface area (TPSA) is 9.23 Å². The summed E-state index contributed by atoms with van der Waals surface area (Å²) in [6.45, 7) is 10.4. The van der Waals surface area contributed by atoms with Gasteiger partial charge in [0.1, 0.15) is 5.75 Å². The minimum absolute atomic E-state index is 0.251. The largest absolute Gasteiger partial charge is 0.491 e. The zero-order valence-electron chi connectivity index (χ0n) is 9.14. The van der Waals surface area contributed by atoms with Crippen LogP contribution in [0.1, 0.15) is 30.5 Å². The average Bonchev–Trinajstić information content (AvgIpc) is 1.99. The molecule has 0 N–H and O–H groups in total. The Bertz CT molecular complexity index is 300. The van der Waals surface area contributed by atoms with Crippen molar-refractivity contribution < 1.29 is 4.74 Å². The second-order valence-corrected chi connectivity index (χ2v) is 3.87. The van der Waals surface area contributed by atoms with Crippen LogP contribution in [0.5, 0.6) is 5.75 Å². The van der Waals surface area contributed by atoms with E-state index in [1.54, 1.807) is 0 Å². The summed E-state index contributed by atoms with van der Waals surface area (Å²) in [6, 6.07) is 4.29. The zero-order chi connectivity index (χ0) is 10.0. The number of aryl methyl sites for hydroxylation is 3. The van der Waals surface area contributed by atoms with E-state index in [1.807, 2.05) is 0 Å². The molecule has 0 unspecified atom stereocenters. The molecule has 0 saturated heterocycles. The molecule has 1 aromatic carbocycles. The maximum atomic E-state index is 5.68. The summed E-state index contributed by atoms with van der Waals surface area (Å²) >= 11 is 0. The van der Waals surface area contributed by atoms with Crippen molar-refractivity contribution in [1.82, 2.24) is 0 Å². The van der Waals surface area contributed by atoms with E-state index in [1.165, 1.54) is 16.7 Å². The molecule has 1 aromatic rings. The molecule has 0 aliphatic heterocycles. The monoisotopic (exact) mass is 178 g/mol. The van der Waals surface area contributed by atoms with Gasteiger partial charge in [0, 0.05) is 0 Å². The smallest absolute Gasteiger partial charge is 0.122 e. The fourth-order valence-corrected chi connectivity index (χ4v) is 1.31. The SMILES string of the molecule is Cc1cc(C)c(OC(C)C)cc1C. The van der Waals surface area contributed by atoms with E-state index in [-0.39, 0.29) is 6.10 Å². The summed E-state index contributed by atoms with van der Waals surface area (Å²) in [4.78, 5) is 0. The Morgan fingerprint density at radius 1 is 0.923 bits per heavy atom. The first-order chi connectivity index (χ1) is 6.00. The van der Waals surface area contributed by atoms with Crippen LogP contribution in [0.2, 0.25) is 0 Å². The number of benzene rings is 1. The molecule has 0 radical (unpaired) electrons. The molecule has 1 nitrogen and oxygen atoms in total. The summed E-state index contributed by atoms with van der Waals surface area (Å²) in [6.07, 6.45) is 0.251. The van der Waals surface area contributed by atoms with Crippen molar-refractivity contribution in [2.75, 3.05) is 0 Å². The molecular weight excluding hydrogens is 160 g/mol. The summed E-state index contributed by atoms with van der Waals surface area (Å²) in [5, 5.41) is 0. The predicted molar refractivity (Wildman–Crippen MR) is 56.4 cm³/mol. The molecule has 0 aliphatic rings. The van der Waals surface area contributed by atoms with Gasteiger partial charge in [-0.05, 0) is 57.4 Å². The van der Waals surface area contributed by atoms with Gasteiger partial charge in [-0.15, -0.1) is 0 Å². The molecule has 72 valence electrons. The third kappa shape index (κ3) is 2.48. The van der Waals surface area contributed by atoms with E-state index in [0.29, 0.717) is 0 Å². The highest BCUT2D eigenvalue weighted by molar-refractivity contribution is 5.40. The van der Waals surface area contributed by atoms with Crippen LogP contribution in [0.3, 0.4) is 0 Å². The van der Waals surface area contributed by atoms with Gasteiger partial charge in [0.25, 0.3) is 0 Å². The molecule has 0 aromatic heterocycles. The molecular formula is C12H18O. The average molecular weight is 178 g/mol. The van der Waals surface area contributed by atoms with Crippen LogP contribution in [0, 0.1) is 20.8 Å². The normalized spacial score (nSPS) is 10.6. The van der Waals surface area contributed by atoms with Gasteiger partial charge < -0.3 is 4.74 Å². The Labute approximate surface area is 80.7 Å². The summed E-state index contributed by atoms with van der Waals surface area (Å²) in [5.41, 5.74) is 3.84. The zero-order valence-corrected chi connectivity index (χ0v) is 9.14. The first-order valence-corrected chi connectivity index (χ1v) is 4.75. The highest BCUT2D eigenvalue weighted by Crippen LogP contribution is 2.23. The molecule has 1 rings (SSSR count). The second-order valence-electron chi connectivity index (χ2n) is 3.87. The fourth-order valence-electron chi connectivity index (χ4n) is 1.31. The molecule has 1 heteroatoms. The van der Waals surface area contributed by atoms with Crippen LogP contribution >= 0.6 is 0 Å². The molecule has 0 spiro atoms. The van der Waals surface area contributed by atoms with Crippen LogP contribution in [0.25, 0.3) is 0 Å². The van der Waals surface area contributed by atoms with Gasteiger partial charge in [-0.25, -0.2) is 0 Å². The minimum Gasteiger partial charge on any atom is -0.491 e. The first-order valence-electron chi connectivity index (χ1n) is 4.75. The van der Waals surface area contributed by atoms with Gasteiger partial charge >= 0.3 is 0 Å². The van der Waals surface area contributed by atoms with Crippen LogP contribution in [0.4, 0.5) is 0 Å². The van der Waals surface area contributed by atoms with E-state index in [2.05, 4.69) is 46.8 Å². The van der Waals surface area contributed by atoms with Crippen LogP contribution in [-0.2, 0) is 0 Å². The third-order valence-electron chi connectivity index (χ3n) is 2.15. The van der Waals surface area contributed by atoms with Gasteiger partial charge in [0.15, 0.2) is 0 Å². The fraction of sp³-hybridized carbons (Fsp3) is 0.500. The molecule has 0 atom stereocenters. The van der Waals surface area contributed by atoms with Crippen LogP contribution in [0.15, 0.2) is 12.1 Å². The molecule has 0 fully saturated rings. The van der Waals surface area contributed by atoms with Gasteiger partial charge in [-0.1, -0.05) is 6.07 Å². The number of rotatable bonds is 2. The van der Waals surface area contributed by atoms with Crippen molar-refractivity contribution in [2.24, 2.45) is 0 Å². The molecule has 0 saturated carbocycles. The maximum absolute atomic E-state index is 5.68. The Hall–Kier alpha value is -0.980. The number of ether oxygens (including phenoxy) is 1. The van der Waals surface area contributed by atoms with Crippen molar-refractivity contribution >= 4 is 0 Å². The lowest BCUT2D eigenvalue weighted by atomic mass is 10.1. The van der Waals surface area contributed by atoms with E-state index in [9.17, 15) is 0 Å². The molecule has 0 bridgehead atoms. The van der Waals surface area contributed by atoms with E-state index < -0.39 is 0 Å². The molecule has 13 heavy (non-hydrogen) atoms. The molecule has 0 heterocycles. The Morgan fingerprint density at radius 3 is 2.00 bits per heavy atom. The van der Waals surface area contributed by atoms with Crippen molar-refractivity contribution in [1.29, 1.82) is 0 Å². The quantitative estimate of drug-likeness (QED) is 0.674. The van der Waals surface area contributed by atoms with Crippen molar-refractivity contribution in [3.8, 4) is 5.75 Å². The molecule has 0 amide bonds. The van der Waals surface area contributed by atoms with Gasteiger partial charge in [0.2, 0.25) is 0 Å². The lowest BCUT2D eigenvalue weighted by Gasteiger charge is -2.14. The van der Waals surface area contributed by atoms with E-state index >= 15 is 0 Å². The van der Waals surface area contributed by atoms with Gasteiger partial charge in [-0.3, -0.25) is 0 Å². The van der Waals surface area contributed by atoms with Crippen molar-refractivity contribution in [3.05, 3.63) is 28.8 Å². The van der Waals surface area contributed by atoms with E-state index in [4.69, 9.17) is 4.74 Å². The first kappa shape index (κ1) is 10.1. The highest BCUT2D eigenvalue weighted by Gasteiger charge is 2.03. The van der Waals surface area contributed by atoms with Gasteiger partial charge in [0.05, 0.1) is 6.10 Å². The van der Waals surface area contributed by atoms with E-state index in [0.717, 1.165) is 5.75 Å². The summed E-state index contributed by atoms with van der Waals surface area (Å²) < 4.78 is 5.68.